The molecule has 0 aliphatic carbocycles. The van der Waals surface area contributed by atoms with Crippen molar-refractivity contribution in [3.05, 3.63) is 50.9 Å². The lowest BCUT2D eigenvalue weighted by Crippen LogP contribution is -2.12. The summed E-state index contributed by atoms with van der Waals surface area (Å²) in [4.78, 5) is 18.9. The normalized spacial score (nSPS) is 10.9. The van der Waals surface area contributed by atoms with E-state index in [1.165, 1.54) is 6.07 Å². The molecule has 0 bridgehead atoms. The number of benzene rings is 1. The second-order valence-electron chi connectivity index (χ2n) is 5.03. The predicted octanol–water partition coefficient (Wildman–Crippen LogP) is 4.12. The largest absolute Gasteiger partial charge is 0.325 e. The molecule has 0 aliphatic rings. The van der Waals surface area contributed by atoms with Gasteiger partial charge in [-0.3, -0.25) is 9.78 Å². The first kappa shape index (κ1) is 15.9. The Morgan fingerprint density at radius 3 is 2.81 bits per heavy atom. The maximum absolute atomic E-state index is 11.7. The minimum Gasteiger partial charge on any atom is -0.325 e. The van der Waals surface area contributed by atoms with Crippen molar-refractivity contribution in [3.63, 3.8) is 0 Å². The van der Waals surface area contributed by atoms with Crippen LogP contribution < -0.4 is 10.9 Å². The summed E-state index contributed by atoms with van der Waals surface area (Å²) in [5.41, 5.74) is 2.48. The Morgan fingerprint density at radius 2 is 2.14 bits per heavy atom. The molecule has 2 N–H and O–H groups in total. The molecule has 0 saturated carbocycles. The van der Waals surface area contributed by atoms with Gasteiger partial charge in [0.05, 0.1) is 5.69 Å². The molecule has 1 aromatic heterocycles. The molecule has 1 aromatic carbocycles. The number of rotatable bonds is 5. The van der Waals surface area contributed by atoms with Gasteiger partial charge in [-0.15, -0.1) is 0 Å². The van der Waals surface area contributed by atoms with Gasteiger partial charge in [-0.1, -0.05) is 25.4 Å². The highest BCUT2D eigenvalue weighted by Gasteiger charge is 2.05. The molecule has 0 spiro atoms. The van der Waals surface area contributed by atoms with Crippen LogP contribution in [-0.4, -0.2) is 15.2 Å². The first-order chi connectivity index (χ1) is 9.94. The van der Waals surface area contributed by atoms with Crippen LogP contribution in [0, 0.1) is 6.92 Å². The fourth-order valence-electron chi connectivity index (χ4n) is 1.79. The summed E-state index contributed by atoms with van der Waals surface area (Å²) in [5.74, 6) is 1.17. The Morgan fingerprint density at radius 1 is 1.38 bits per heavy atom. The third-order valence-corrected chi connectivity index (χ3v) is 4.16. The van der Waals surface area contributed by atoms with E-state index in [1.54, 1.807) is 17.8 Å². The molecule has 0 unspecified atom stereocenters. The smallest absolute Gasteiger partial charge is 0.252 e. The van der Waals surface area contributed by atoms with Gasteiger partial charge in [-0.2, -0.15) is 11.8 Å². The molecular formula is C15H18ClN3OS. The molecule has 4 nitrogen and oxygen atoms in total. The van der Waals surface area contributed by atoms with Gasteiger partial charge in [-0.25, -0.2) is 4.98 Å². The summed E-state index contributed by atoms with van der Waals surface area (Å²) in [5, 5.41) is 4.32. The van der Waals surface area contributed by atoms with Gasteiger partial charge in [0.1, 0.15) is 0 Å². The number of aromatic nitrogens is 2. The highest BCUT2D eigenvalue weighted by Crippen LogP contribution is 2.22. The number of hydrogen-bond acceptors (Lipinski definition) is 4. The van der Waals surface area contributed by atoms with E-state index in [2.05, 4.69) is 29.1 Å². The Balaban J connectivity index is 2.21. The summed E-state index contributed by atoms with van der Waals surface area (Å²) in [7, 11) is 0. The van der Waals surface area contributed by atoms with Crippen molar-refractivity contribution in [2.45, 2.75) is 31.8 Å². The third-order valence-electron chi connectivity index (χ3n) is 2.80. The number of halogens is 1. The summed E-state index contributed by atoms with van der Waals surface area (Å²) in [6.45, 7) is 6.19. The second-order valence-corrected chi connectivity index (χ2v) is 7.03. The third kappa shape index (κ3) is 4.79. The average molecular weight is 324 g/mol. The van der Waals surface area contributed by atoms with Crippen LogP contribution in [0.4, 0.5) is 11.6 Å². The van der Waals surface area contributed by atoms with Gasteiger partial charge in [0.2, 0.25) is 5.95 Å². The van der Waals surface area contributed by atoms with Gasteiger partial charge in [0.25, 0.3) is 5.56 Å². The molecule has 21 heavy (non-hydrogen) atoms. The molecule has 0 aliphatic heterocycles. The van der Waals surface area contributed by atoms with Crippen molar-refractivity contribution in [3.8, 4) is 0 Å². The molecule has 0 fully saturated rings. The highest BCUT2D eigenvalue weighted by atomic mass is 35.5. The fourth-order valence-corrected chi connectivity index (χ4v) is 2.67. The molecule has 0 atom stereocenters. The predicted molar refractivity (Wildman–Crippen MR) is 90.8 cm³/mol. The van der Waals surface area contributed by atoms with Crippen LogP contribution in [0.3, 0.4) is 0 Å². The van der Waals surface area contributed by atoms with Crippen LogP contribution in [0.5, 0.6) is 0 Å². The number of nitrogens with one attached hydrogen (secondary N) is 2. The van der Waals surface area contributed by atoms with E-state index in [0.717, 1.165) is 22.7 Å². The number of H-pyrrole nitrogens is 1. The zero-order valence-corrected chi connectivity index (χ0v) is 13.8. The van der Waals surface area contributed by atoms with E-state index in [0.29, 0.717) is 16.2 Å². The lowest BCUT2D eigenvalue weighted by molar-refractivity contribution is 1.05. The van der Waals surface area contributed by atoms with Gasteiger partial charge >= 0.3 is 0 Å². The topological polar surface area (TPSA) is 57.8 Å². The van der Waals surface area contributed by atoms with E-state index in [4.69, 9.17) is 11.6 Å². The molecule has 0 radical (unpaired) electrons. The Kier molecular flexibility index (Phi) is 5.31. The SMILES string of the molecule is Cc1cc(Cl)ccc1Nc1nc(CSC(C)C)cc(=O)[nH]1. The van der Waals surface area contributed by atoms with E-state index >= 15 is 0 Å². The Hall–Kier alpha value is -1.46. The monoisotopic (exact) mass is 323 g/mol. The number of anilines is 2. The average Bonchev–Trinajstić information content (AvgIpc) is 2.39. The summed E-state index contributed by atoms with van der Waals surface area (Å²) >= 11 is 7.69. The van der Waals surface area contributed by atoms with E-state index in [9.17, 15) is 4.79 Å². The number of aromatic amines is 1. The zero-order chi connectivity index (χ0) is 15.4. The van der Waals surface area contributed by atoms with Crippen molar-refractivity contribution < 1.29 is 0 Å². The number of thioether (sulfide) groups is 1. The van der Waals surface area contributed by atoms with Crippen molar-refractivity contribution in [2.75, 3.05) is 5.32 Å². The fraction of sp³-hybridized carbons (Fsp3) is 0.333. The molecule has 6 heteroatoms. The van der Waals surface area contributed by atoms with E-state index < -0.39 is 0 Å². The van der Waals surface area contributed by atoms with Gasteiger partial charge in [0.15, 0.2) is 0 Å². The second kappa shape index (κ2) is 7.00. The van der Waals surface area contributed by atoms with Crippen LogP contribution in [0.1, 0.15) is 25.1 Å². The van der Waals surface area contributed by atoms with Gasteiger partial charge in [0, 0.05) is 22.5 Å². The number of nitrogens with zero attached hydrogens (tertiary/aromatic N) is 1. The van der Waals surface area contributed by atoms with Crippen molar-refractivity contribution in [1.29, 1.82) is 0 Å². The van der Waals surface area contributed by atoms with E-state index in [-0.39, 0.29) is 5.56 Å². The lowest BCUT2D eigenvalue weighted by Gasteiger charge is -2.10. The first-order valence-corrected chi connectivity index (χ1v) is 8.12. The van der Waals surface area contributed by atoms with Crippen molar-refractivity contribution >= 4 is 35.0 Å². The molecule has 1 heterocycles. The van der Waals surface area contributed by atoms with Crippen LogP contribution in [0.2, 0.25) is 5.02 Å². The number of hydrogen-bond donors (Lipinski definition) is 2. The minimum atomic E-state index is -0.154. The number of aryl methyl sites for hydroxylation is 1. The van der Waals surface area contributed by atoms with Crippen LogP contribution in [0.25, 0.3) is 0 Å². The van der Waals surface area contributed by atoms with Crippen LogP contribution in [0.15, 0.2) is 29.1 Å². The lowest BCUT2D eigenvalue weighted by atomic mass is 10.2. The zero-order valence-electron chi connectivity index (χ0n) is 12.2. The molecule has 112 valence electrons. The van der Waals surface area contributed by atoms with Crippen molar-refractivity contribution in [2.24, 2.45) is 0 Å². The van der Waals surface area contributed by atoms with Crippen molar-refractivity contribution in [1.82, 2.24) is 9.97 Å². The highest BCUT2D eigenvalue weighted by molar-refractivity contribution is 7.99. The standard InChI is InChI=1S/C15H18ClN3OS/c1-9(2)21-8-12-7-14(20)19-15(17-12)18-13-5-4-11(16)6-10(13)3/h4-7,9H,8H2,1-3H3,(H2,17,18,19,20). The maximum Gasteiger partial charge on any atom is 0.252 e. The maximum atomic E-state index is 11.7. The summed E-state index contributed by atoms with van der Waals surface area (Å²) in [6, 6.07) is 7.07. The first-order valence-electron chi connectivity index (χ1n) is 6.69. The van der Waals surface area contributed by atoms with Crippen LogP contribution in [-0.2, 0) is 5.75 Å². The van der Waals surface area contributed by atoms with E-state index in [1.807, 2.05) is 19.1 Å². The Bertz CT molecular complexity index is 685. The molecule has 2 rings (SSSR count). The Labute approximate surface area is 133 Å². The summed E-state index contributed by atoms with van der Waals surface area (Å²) in [6.07, 6.45) is 0. The van der Waals surface area contributed by atoms with Gasteiger partial charge < -0.3 is 5.32 Å². The molecule has 2 aromatic rings. The van der Waals surface area contributed by atoms with Gasteiger partial charge in [-0.05, 0) is 35.9 Å². The quantitative estimate of drug-likeness (QED) is 0.869. The molecule has 0 amide bonds. The minimum absolute atomic E-state index is 0.154. The summed E-state index contributed by atoms with van der Waals surface area (Å²) < 4.78 is 0. The van der Waals surface area contributed by atoms with Crippen LogP contribution >= 0.6 is 23.4 Å². The molecular weight excluding hydrogens is 306 g/mol. The molecule has 0 saturated heterocycles.